The van der Waals surface area contributed by atoms with Gasteiger partial charge in [-0.3, -0.25) is 14.5 Å². The number of carbonyl (C=O) groups is 2. The number of nitrogens with zero attached hydrogens (tertiary/aromatic N) is 1. The Balaban J connectivity index is 1.85. The maximum atomic E-state index is 12.6. The van der Waals surface area contributed by atoms with Crippen LogP contribution in [0.5, 0.6) is 5.75 Å². The Bertz CT molecular complexity index is 575. The van der Waals surface area contributed by atoms with Gasteiger partial charge in [0.1, 0.15) is 5.75 Å². The minimum atomic E-state index is -0.143. The molecule has 1 saturated heterocycles. The number of benzene rings is 1. The van der Waals surface area contributed by atoms with Crippen LogP contribution in [0.4, 0.5) is 0 Å². The van der Waals surface area contributed by atoms with Crippen LogP contribution < -0.4 is 10.1 Å². The number of Topliss-reactive ketones (excluding diaryl/α,β-unsaturated/α-hetero) is 1. The molecule has 1 aromatic rings. The Hall–Kier alpha value is -1.88. The number of hydrogen-bond donors (Lipinski definition) is 1. The number of ketones is 1. The maximum absolute atomic E-state index is 12.6. The lowest BCUT2D eigenvalue weighted by Gasteiger charge is -2.34. The molecule has 5 nitrogen and oxygen atoms in total. The number of nitrogens with one attached hydrogen (secondary N) is 1. The van der Waals surface area contributed by atoms with Crippen LogP contribution in [0.15, 0.2) is 24.3 Å². The molecule has 0 unspecified atom stereocenters. The minimum Gasteiger partial charge on any atom is -0.497 e. The quantitative estimate of drug-likeness (QED) is 0.771. The van der Waals surface area contributed by atoms with Gasteiger partial charge in [-0.1, -0.05) is 13.8 Å². The molecular formula is C20H30N2O3. The van der Waals surface area contributed by atoms with Crippen molar-refractivity contribution < 1.29 is 14.3 Å². The molecule has 1 amide bonds. The standard InChI is InChI=1S/C20H30N2O3/c1-14(2)13-21-20(24)15(3)22-11-9-17(10-12-22)19(23)16-5-7-18(25-4)8-6-16/h5-8,14-15,17H,9-13H2,1-4H3,(H,21,24)/t15-/m0/s1. The number of rotatable bonds is 7. The Morgan fingerprint density at radius 2 is 1.76 bits per heavy atom. The van der Waals surface area contributed by atoms with Crippen LogP contribution in [0.3, 0.4) is 0 Å². The van der Waals surface area contributed by atoms with E-state index in [2.05, 4.69) is 24.1 Å². The van der Waals surface area contributed by atoms with Gasteiger partial charge in [0, 0.05) is 18.0 Å². The van der Waals surface area contributed by atoms with Gasteiger partial charge in [0.25, 0.3) is 0 Å². The first-order chi connectivity index (χ1) is 11.9. The summed E-state index contributed by atoms with van der Waals surface area (Å²) >= 11 is 0. The Morgan fingerprint density at radius 1 is 1.16 bits per heavy atom. The summed E-state index contributed by atoms with van der Waals surface area (Å²) in [6.07, 6.45) is 1.60. The van der Waals surface area contributed by atoms with Crippen LogP contribution in [0, 0.1) is 11.8 Å². The highest BCUT2D eigenvalue weighted by atomic mass is 16.5. The summed E-state index contributed by atoms with van der Waals surface area (Å²) in [5, 5.41) is 2.99. The molecular weight excluding hydrogens is 316 g/mol. The second-order valence-electron chi connectivity index (χ2n) is 7.22. The van der Waals surface area contributed by atoms with E-state index in [1.165, 1.54) is 0 Å². The van der Waals surface area contributed by atoms with Crippen molar-refractivity contribution in [1.29, 1.82) is 0 Å². The number of methoxy groups -OCH3 is 1. The summed E-state index contributed by atoms with van der Waals surface area (Å²) in [6, 6.07) is 7.16. The van der Waals surface area contributed by atoms with Gasteiger partial charge in [0.15, 0.2) is 5.78 Å². The van der Waals surface area contributed by atoms with E-state index >= 15 is 0 Å². The minimum absolute atomic E-state index is 0.0376. The molecule has 0 radical (unpaired) electrons. The fourth-order valence-corrected chi connectivity index (χ4v) is 3.16. The third-order valence-electron chi connectivity index (χ3n) is 4.89. The molecule has 1 heterocycles. The van der Waals surface area contributed by atoms with Gasteiger partial charge in [-0.2, -0.15) is 0 Å². The van der Waals surface area contributed by atoms with Gasteiger partial charge in [-0.25, -0.2) is 0 Å². The fourth-order valence-electron chi connectivity index (χ4n) is 3.16. The SMILES string of the molecule is COc1ccc(C(=O)C2CCN([C@@H](C)C(=O)NCC(C)C)CC2)cc1. The molecule has 0 spiro atoms. The normalized spacial score (nSPS) is 17.3. The number of likely N-dealkylation sites (tertiary alicyclic amines) is 1. The Labute approximate surface area is 150 Å². The highest BCUT2D eigenvalue weighted by Crippen LogP contribution is 2.24. The molecule has 1 fully saturated rings. The number of amides is 1. The van der Waals surface area contributed by atoms with E-state index in [4.69, 9.17) is 4.74 Å². The first-order valence-electron chi connectivity index (χ1n) is 9.12. The molecule has 25 heavy (non-hydrogen) atoms. The molecule has 1 aliphatic rings. The van der Waals surface area contributed by atoms with Crippen LogP contribution in [0.25, 0.3) is 0 Å². The van der Waals surface area contributed by atoms with Crippen LogP contribution >= 0.6 is 0 Å². The van der Waals surface area contributed by atoms with Crippen LogP contribution in [-0.2, 0) is 4.79 Å². The topological polar surface area (TPSA) is 58.6 Å². The zero-order valence-corrected chi connectivity index (χ0v) is 15.7. The maximum Gasteiger partial charge on any atom is 0.237 e. The number of piperidine rings is 1. The molecule has 1 atom stereocenters. The zero-order valence-electron chi connectivity index (χ0n) is 15.7. The second kappa shape index (κ2) is 8.99. The lowest BCUT2D eigenvalue weighted by molar-refractivity contribution is -0.126. The predicted octanol–water partition coefficient (Wildman–Crippen LogP) is 2.75. The third-order valence-corrected chi connectivity index (χ3v) is 4.89. The lowest BCUT2D eigenvalue weighted by atomic mass is 9.88. The van der Waals surface area contributed by atoms with Gasteiger partial charge in [-0.15, -0.1) is 0 Å². The molecule has 5 heteroatoms. The summed E-state index contributed by atoms with van der Waals surface area (Å²) < 4.78 is 5.14. The van der Waals surface area contributed by atoms with Gasteiger partial charge in [0.05, 0.1) is 13.2 Å². The average molecular weight is 346 g/mol. The number of hydrogen-bond acceptors (Lipinski definition) is 4. The number of ether oxygens (including phenoxy) is 1. The molecule has 0 aromatic heterocycles. The van der Waals surface area contributed by atoms with Crippen molar-refractivity contribution in [2.75, 3.05) is 26.7 Å². The molecule has 0 aliphatic carbocycles. The van der Waals surface area contributed by atoms with Crippen LogP contribution in [-0.4, -0.2) is 49.4 Å². The highest BCUT2D eigenvalue weighted by Gasteiger charge is 2.30. The molecule has 0 bridgehead atoms. The largest absolute Gasteiger partial charge is 0.497 e. The van der Waals surface area contributed by atoms with Gasteiger partial charge >= 0.3 is 0 Å². The summed E-state index contributed by atoms with van der Waals surface area (Å²) in [5.74, 6) is 1.51. The summed E-state index contributed by atoms with van der Waals surface area (Å²) in [4.78, 5) is 27.0. The van der Waals surface area contributed by atoms with Crippen molar-refractivity contribution in [1.82, 2.24) is 10.2 Å². The molecule has 1 aromatic carbocycles. The smallest absolute Gasteiger partial charge is 0.237 e. The summed E-state index contributed by atoms with van der Waals surface area (Å²) in [6.45, 7) is 8.38. The van der Waals surface area contributed by atoms with Gasteiger partial charge in [0.2, 0.25) is 5.91 Å². The molecule has 2 rings (SSSR count). The van der Waals surface area contributed by atoms with Crippen molar-refractivity contribution in [2.45, 2.75) is 39.7 Å². The van der Waals surface area contributed by atoms with Crippen molar-refractivity contribution in [3.8, 4) is 5.75 Å². The first-order valence-corrected chi connectivity index (χ1v) is 9.12. The van der Waals surface area contributed by atoms with Gasteiger partial charge in [-0.05, 0) is 63.0 Å². The molecule has 0 saturated carbocycles. The van der Waals surface area contributed by atoms with Crippen molar-refractivity contribution >= 4 is 11.7 Å². The molecule has 1 N–H and O–H groups in total. The third kappa shape index (κ3) is 5.30. The van der Waals surface area contributed by atoms with Crippen LogP contribution in [0.2, 0.25) is 0 Å². The van der Waals surface area contributed by atoms with Crippen molar-refractivity contribution in [3.05, 3.63) is 29.8 Å². The Morgan fingerprint density at radius 3 is 2.28 bits per heavy atom. The fraction of sp³-hybridized carbons (Fsp3) is 0.600. The zero-order chi connectivity index (χ0) is 18.4. The Kier molecular flexibility index (Phi) is 7.00. The van der Waals surface area contributed by atoms with E-state index < -0.39 is 0 Å². The van der Waals surface area contributed by atoms with Crippen molar-refractivity contribution in [2.24, 2.45) is 11.8 Å². The van der Waals surface area contributed by atoms with Gasteiger partial charge < -0.3 is 10.1 Å². The molecule has 1 aliphatic heterocycles. The van der Waals surface area contributed by atoms with E-state index in [9.17, 15) is 9.59 Å². The summed E-state index contributed by atoms with van der Waals surface area (Å²) in [5.41, 5.74) is 0.738. The average Bonchev–Trinajstić information content (AvgIpc) is 2.65. The van der Waals surface area contributed by atoms with Crippen LogP contribution in [0.1, 0.15) is 44.0 Å². The monoisotopic (exact) mass is 346 g/mol. The number of carbonyl (C=O) groups excluding carboxylic acids is 2. The van der Waals surface area contributed by atoms with E-state index in [0.29, 0.717) is 12.5 Å². The predicted molar refractivity (Wildman–Crippen MR) is 98.9 cm³/mol. The van der Waals surface area contributed by atoms with E-state index in [-0.39, 0.29) is 23.7 Å². The van der Waals surface area contributed by atoms with Crippen molar-refractivity contribution in [3.63, 3.8) is 0 Å². The lowest BCUT2D eigenvalue weighted by Crippen LogP contribution is -2.49. The van der Waals surface area contributed by atoms with E-state index in [1.807, 2.05) is 31.2 Å². The summed E-state index contributed by atoms with van der Waals surface area (Å²) in [7, 11) is 1.62. The van der Waals surface area contributed by atoms with E-state index in [0.717, 1.165) is 37.2 Å². The molecule has 138 valence electrons. The second-order valence-corrected chi connectivity index (χ2v) is 7.22. The first kappa shape index (κ1) is 19.4. The highest BCUT2D eigenvalue weighted by molar-refractivity contribution is 5.98. The van der Waals surface area contributed by atoms with E-state index in [1.54, 1.807) is 7.11 Å².